The number of hydrogen-bond acceptors (Lipinski definition) is 12. The molecule has 0 N–H and O–H groups in total. The first kappa shape index (κ1) is 57.0. The number of unbranched alkanes of at least 4 members (excludes halogenated alkanes) is 5. The molecule has 59 heavy (non-hydrogen) atoms. The van der Waals surface area contributed by atoms with Crippen LogP contribution in [0, 0.1) is 29.6 Å². The lowest BCUT2D eigenvalue weighted by atomic mass is 10.0. The van der Waals surface area contributed by atoms with Crippen molar-refractivity contribution >= 4 is 26.1 Å². The Labute approximate surface area is 360 Å². The van der Waals surface area contributed by atoms with Crippen LogP contribution in [0.1, 0.15) is 198 Å². The van der Waals surface area contributed by atoms with Crippen molar-refractivity contribution in [3.8, 4) is 0 Å². The standard InChI is InChI=1S/C46H89O12P/c1-11-21-26-37(16-6)31-51-44(47)54-36-42(57-45(48)52-32-38(17-7)27-22-12-2)43(58-46(49)53-33-39(18-8)28-23-13-3)59(50,55-34-40(19-9)29-24-14-4)56-35-41(20-10)30-25-15-5/h37-43H,11-36H2,1-10H3. The lowest BCUT2D eigenvalue weighted by molar-refractivity contribution is -0.0693. The Kier molecular flexibility index (Phi) is 35.3. The summed E-state index contributed by atoms with van der Waals surface area (Å²) in [6, 6.07) is 0. The highest BCUT2D eigenvalue weighted by atomic mass is 31.2. The fourth-order valence-electron chi connectivity index (χ4n) is 6.65. The molecule has 0 heterocycles. The molecule has 7 unspecified atom stereocenters. The average molecular weight is 865 g/mol. The SMILES string of the molecule is CCCCC(CC)COC(=O)OCC(OC(=O)OCC(CC)CCCC)C(OC(=O)OCC(CC)CCCC)P(=O)(OCC(CC)CCCC)OCC(CC)CCCC. The van der Waals surface area contributed by atoms with E-state index >= 15 is 4.57 Å². The normalized spacial score (nSPS) is 16.1. The molecule has 0 aliphatic rings. The van der Waals surface area contributed by atoms with E-state index < -0.39 is 44.6 Å². The van der Waals surface area contributed by atoms with Gasteiger partial charge in [0, 0.05) is 0 Å². The number of ether oxygens (including phenoxy) is 6. The largest absolute Gasteiger partial charge is 0.509 e. The second-order valence-corrected chi connectivity index (χ2v) is 18.5. The Bertz CT molecular complexity index is 1070. The van der Waals surface area contributed by atoms with E-state index in [0.29, 0.717) is 0 Å². The lowest BCUT2D eigenvalue weighted by Crippen LogP contribution is -2.41. The minimum atomic E-state index is -4.52. The van der Waals surface area contributed by atoms with Crippen molar-refractivity contribution in [1.29, 1.82) is 0 Å². The van der Waals surface area contributed by atoms with Crippen LogP contribution in [0.15, 0.2) is 0 Å². The van der Waals surface area contributed by atoms with Gasteiger partial charge in [0.2, 0.25) is 5.85 Å². The van der Waals surface area contributed by atoms with Crippen LogP contribution < -0.4 is 0 Å². The molecule has 0 aromatic rings. The molecule has 0 spiro atoms. The van der Waals surface area contributed by atoms with Gasteiger partial charge in [-0.1, -0.05) is 166 Å². The first-order chi connectivity index (χ1) is 28.4. The summed E-state index contributed by atoms with van der Waals surface area (Å²) in [4.78, 5) is 40.3. The van der Waals surface area contributed by atoms with E-state index in [1.54, 1.807) is 0 Å². The van der Waals surface area contributed by atoms with Crippen molar-refractivity contribution in [1.82, 2.24) is 0 Å². The molecule has 0 amide bonds. The summed E-state index contributed by atoms with van der Waals surface area (Å²) in [5.74, 6) is -1.43. The molecule has 0 aliphatic heterocycles. The van der Waals surface area contributed by atoms with Crippen molar-refractivity contribution in [2.75, 3.05) is 39.6 Å². The highest BCUT2D eigenvalue weighted by Crippen LogP contribution is 2.56. The summed E-state index contributed by atoms with van der Waals surface area (Å²) in [6.45, 7) is 20.5. The van der Waals surface area contributed by atoms with Crippen molar-refractivity contribution in [2.24, 2.45) is 29.6 Å². The van der Waals surface area contributed by atoms with Gasteiger partial charge < -0.3 is 37.5 Å². The van der Waals surface area contributed by atoms with Crippen LogP contribution in [0.3, 0.4) is 0 Å². The Balaban J connectivity index is 7.06. The predicted molar refractivity (Wildman–Crippen MR) is 236 cm³/mol. The molecule has 0 saturated carbocycles. The molecular weight excluding hydrogens is 775 g/mol. The zero-order chi connectivity index (χ0) is 44.3. The van der Waals surface area contributed by atoms with E-state index in [4.69, 9.17) is 37.5 Å². The van der Waals surface area contributed by atoms with Gasteiger partial charge >= 0.3 is 26.1 Å². The van der Waals surface area contributed by atoms with Gasteiger partial charge in [-0.15, -0.1) is 0 Å². The molecular formula is C46H89O12P. The van der Waals surface area contributed by atoms with Gasteiger partial charge in [-0.05, 0) is 61.7 Å². The maximum atomic E-state index is 15.4. The van der Waals surface area contributed by atoms with Crippen LogP contribution in [-0.4, -0.2) is 70.1 Å². The molecule has 0 aromatic heterocycles. The molecule has 7 atom stereocenters. The van der Waals surface area contributed by atoms with Crippen molar-refractivity contribution in [2.45, 2.75) is 210 Å². The Morgan fingerprint density at radius 1 is 0.390 bits per heavy atom. The van der Waals surface area contributed by atoms with Crippen LogP contribution in [0.4, 0.5) is 14.4 Å². The van der Waals surface area contributed by atoms with Crippen LogP contribution in [0.25, 0.3) is 0 Å². The monoisotopic (exact) mass is 865 g/mol. The zero-order valence-electron chi connectivity index (χ0n) is 39.3. The third kappa shape index (κ3) is 26.8. The van der Waals surface area contributed by atoms with Gasteiger partial charge in [-0.2, -0.15) is 0 Å². The second kappa shape index (κ2) is 36.6. The molecule has 0 bridgehead atoms. The van der Waals surface area contributed by atoms with Gasteiger partial charge in [-0.3, -0.25) is 4.57 Å². The molecule has 13 heteroatoms. The molecule has 0 fully saturated rings. The van der Waals surface area contributed by atoms with Gasteiger partial charge in [0.1, 0.15) is 6.61 Å². The highest BCUT2D eigenvalue weighted by Gasteiger charge is 2.49. The van der Waals surface area contributed by atoms with E-state index in [-0.39, 0.29) is 62.6 Å². The van der Waals surface area contributed by atoms with Gasteiger partial charge in [0.25, 0.3) is 0 Å². The average Bonchev–Trinajstić information content (AvgIpc) is 3.24. The van der Waals surface area contributed by atoms with Crippen molar-refractivity contribution in [3.05, 3.63) is 0 Å². The number of hydrogen-bond donors (Lipinski definition) is 0. The Hall–Kier alpha value is -2.04. The highest BCUT2D eigenvalue weighted by molar-refractivity contribution is 7.54. The quantitative estimate of drug-likeness (QED) is 0.0331. The minimum absolute atomic E-state index is 0.0364. The smallest absolute Gasteiger partial charge is 0.434 e. The summed E-state index contributed by atoms with van der Waals surface area (Å²) >= 11 is 0. The molecule has 0 radical (unpaired) electrons. The number of carbonyl (C=O) groups is 3. The van der Waals surface area contributed by atoms with Crippen LogP contribution in [0.2, 0.25) is 0 Å². The van der Waals surface area contributed by atoms with Crippen LogP contribution >= 0.6 is 7.60 Å². The van der Waals surface area contributed by atoms with Crippen LogP contribution in [0.5, 0.6) is 0 Å². The van der Waals surface area contributed by atoms with Gasteiger partial charge in [0.15, 0.2) is 6.10 Å². The Morgan fingerprint density at radius 3 is 1.00 bits per heavy atom. The summed E-state index contributed by atoms with van der Waals surface area (Å²) in [6.07, 6.45) is 13.2. The number of carbonyl (C=O) groups excluding carboxylic acids is 3. The molecule has 0 aromatic carbocycles. The zero-order valence-corrected chi connectivity index (χ0v) is 40.2. The first-order valence-electron chi connectivity index (χ1n) is 23.8. The molecule has 0 rings (SSSR count). The van der Waals surface area contributed by atoms with Crippen LogP contribution in [-0.2, 0) is 42.0 Å². The van der Waals surface area contributed by atoms with E-state index in [2.05, 4.69) is 34.6 Å². The summed E-state index contributed by atoms with van der Waals surface area (Å²) in [5, 5.41) is 0. The van der Waals surface area contributed by atoms with E-state index in [9.17, 15) is 14.4 Å². The predicted octanol–water partition coefficient (Wildman–Crippen LogP) is 14.4. The summed E-state index contributed by atoms with van der Waals surface area (Å²) < 4.78 is 62.1. The second-order valence-electron chi connectivity index (χ2n) is 16.4. The van der Waals surface area contributed by atoms with Crippen molar-refractivity contribution < 1.29 is 56.4 Å². The molecule has 0 aliphatic carbocycles. The molecule has 12 nitrogen and oxygen atoms in total. The molecule has 350 valence electrons. The fraction of sp³-hybridized carbons (Fsp3) is 0.935. The lowest BCUT2D eigenvalue weighted by Gasteiger charge is -2.33. The third-order valence-electron chi connectivity index (χ3n) is 11.5. The topological polar surface area (TPSA) is 142 Å². The van der Waals surface area contributed by atoms with Crippen molar-refractivity contribution in [3.63, 3.8) is 0 Å². The number of rotatable bonds is 38. The maximum absolute atomic E-state index is 15.4. The minimum Gasteiger partial charge on any atom is -0.434 e. The molecule has 0 saturated heterocycles. The first-order valence-corrected chi connectivity index (χ1v) is 25.4. The van der Waals surface area contributed by atoms with E-state index in [1.807, 2.05) is 34.6 Å². The van der Waals surface area contributed by atoms with E-state index in [1.165, 1.54) is 0 Å². The van der Waals surface area contributed by atoms with Gasteiger partial charge in [0.05, 0.1) is 33.0 Å². The fourth-order valence-corrected chi connectivity index (χ4v) is 8.63. The summed E-state index contributed by atoms with van der Waals surface area (Å²) in [5.41, 5.74) is 0. The maximum Gasteiger partial charge on any atom is 0.509 e. The summed E-state index contributed by atoms with van der Waals surface area (Å²) in [7, 11) is -4.52. The Morgan fingerprint density at radius 2 is 0.678 bits per heavy atom. The van der Waals surface area contributed by atoms with Gasteiger partial charge in [-0.25, -0.2) is 14.4 Å². The van der Waals surface area contributed by atoms with E-state index in [0.717, 1.165) is 128 Å². The third-order valence-corrected chi connectivity index (χ3v) is 13.5.